The van der Waals surface area contributed by atoms with Gasteiger partial charge in [-0.1, -0.05) is 18.2 Å². The lowest BCUT2D eigenvalue weighted by atomic mass is 9.71. The highest BCUT2D eigenvalue weighted by Gasteiger charge is 2.45. The Morgan fingerprint density at radius 1 is 1.34 bits per heavy atom. The second-order valence-electron chi connectivity index (χ2n) is 7.19. The number of rotatable bonds is 3. The third kappa shape index (κ3) is 3.27. The summed E-state index contributed by atoms with van der Waals surface area (Å²) in [6.45, 7) is 5.87. The van der Waals surface area contributed by atoms with Crippen molar-refractivity contribution >= 4 is 34.3 Å². The van der Waals surface area contributed by atoms with E-state index in [9.17, 15) is 14.4 Å². The van der Waals surface area contributed by atoms with E-state index in [1.54, 1.807) is 19.1 Å². The van der Waals surface area contributed by atoms with E-state index in [4.69, 9.17) is 20.8 Å². The number of fused-ring (bicyclic) bond motifs is 1. The summed E-state index contributed by atoms with van der Waals surface area (Å²) in [4.78, 5) is 39.0. The summed E-state index contributed by atoms with van der Waals surface area (Å²) in [5.74, 6) is -2.35. The van der Waals surface area contributed by atoms with Gasteiger partial charge in [0, 0.05) is 39.9 Å². The molecule has 2 heterocycles. The molecule has 1 aliphatic carbocycles. The Kier molecular flexibility index (Phi) is 5.04. The van der Waals surface area contributed by atoms with Crippen molar-refractivity contribution in [1.29, 1.82) is 0 Å². The zero-order valence-corrected chi connectivity index (χ0v) is 16.7. The van der Waals surface area contributed by atoms with Crippen molar-refractivity contribution in [2.75, 3.05) is 6.61 Å². The fourth-order valence-electron chi connectivity index (χ4n) is 4.17. The molecular formula is C22H20ClNO5. The molecule has 2 aliphatic rings. The summed E-state index contributed by atoms with van der Waals surface area (Å²) in [5, 5.41) is 3.81. The number of carbonyl (C=O) groups excluding carboxylic acids is 2. The fourth-order valence-corrected chi connectivity index (χ4v) is 4.34. The first-order valence-electron chi connectivity index (χ1n) is 9.52. The van der Waals surface area contributed by atoms with Gasteiger partial charge in [-0.2, -0.15) is 0 Å². The van der Waals surface area contributed by atoms with Crippen LogP contribution in [-0.2, 0) is 14.3 Å². The van der Waals surface area contributed by atoms with E-state index < -0.39 is 17.8 Å². The zero-order valence-electron chi connectivity index (χ0n) is 15.9. The Morgan fingerprint density at radius 2 is 2.14 bits per heavy atom. The second-order valence-corrected chi connectivity index (χ2v) is 7.62. The molecule has 1 aromatic heterocycles. The second kappa shape index (κ2) is 7.52. The van der Waals surface area contributed by atoms with E-state index in [-0.39, 0.29) is 23.4 Å². The number of ketones is 1. The first-order valence-corrected chi connectivity index (χ1v) is 9.89. The van der Waals surface area contributed by atoms with Crippen molar-refractivity contribution in [3.05, 3.63) is 68.8 Å². The lowest BCUT2D eigenvalue weighted by Gasteiger charge is -2.37. The zero-order chi connectivity index (χ0) is 20.7. The van der Waals surface area contributed by atoms with E-state index in [1.165, 1.54) is 12.3 Å². The van der Waals surface area contributed by atoms with Crippen molar-refractivity contribution in [1.82, 2.24) is 5.32 Å². The molecule has 0 fully saturated rings. The van der Waals surface area contributed by atoms with E-state index in [2.05, 4.69) is 11.9 Å². The number of nitrogens with one attached hydrogen (secondary N) is 1. The highest BCUT2D eigenvalue weighted by atomic mass is 35.5. The van der Waals surface area contributed by atoms with Gasteiger partial charge in [0.2, 0.25) is 0 Å². The number of esters is 1. The predicted octanol–water partition coefficient (Wildman–Crippen LogP) is 3.83. The summed E-state index contributed by atoms with van der Waals surface area (Å²) in [5.41, 5.74) is 1.84. The van der Waals surface area contributed by atoms with Crippen molar-refractivity contribution in [2.24, 2.45) is 5.92 Å². The van der Waals surface area contributed by atoms with Gasteiger partial charge in [0.05, 0.1) is 18.3 Å². The Morgan fingerprint density at radius 3 is 2.90 bits per heavy atom. The highest BCUT2D eigenvalue weighted by molar-refractivity contribution is 6.31. The number of hydrogen-bond donors (Lipinski definition) is 1. The summed E-state index contributed by atoms with van der Waals surface area (Å²) in [6, 6.07) is 4.77. The molecule has 1 aromatic carbocycles. The van der Waals surface area contributed by atoms with E-state index in [0.717, 1.165) is 0 Å². The minimum atomic E-state index is -0.907. The molecule has 0 spiro atoms. The van der Waals surface area contributed by atoms with Gasteiger partial charge in [0.15, 0.2) is 11.2 Å². The van der Waals surface area contributed by atoms with Gasteiger partial charge in [0.25, 0.3) is 0 Å². The number of ether oxygens (including phenoxy) is 1. The molecule has 0 saturated carbocycles. The molecule has 0 radical (unpaired) electrons. The fraction of sp³-hybridized carbons (Fsp3) is 0.318. The minimum absolute atomic E-state index is 0.0869. The van der Waals surface area contributed by atoms with Crippen molar-refractivity contribution in [3.8, 4) is 0 Å². The molecular weight excluding hydrogens is 394 g/mol. The number of allylic oxidation sites excluding steroid dienone is 2. The SMILES string of the molecule is C=C1NC2=C(C(=O)CCC2)C(c2coc3ccc(Cl)cc3c2=O)C1C(=O)OCC. The predicted molar refractivity (Wildman–Crippen MR) is 109 cm³/mol. The van der Waals surface area contributed by atoms with Crippen LogP contribution in [0.1, 0.15) is 37.7 Å². The third-order valence-electron chi connectivity index (χ3n) is 5.42. The van der Waals surface area contributed by atoms with Gasteiger partial charge in [-0.3, -0.25) is 14.4 Å². The van der Waals surface area contributed by atoms with Crippen LogP contribution < -0.4 is 10.7 Å². The van der Waals surface area contributed by atoms with E-state index in [1.807, 2.05) is 0 Å². The molecule has 1 N–H and O–H groups in total. The largest absolute Gasteiger partial charge is 0.465 e. The van der Waals surface area contributed by atoms with Crippen molar-refractivity contribution in [2.45, 2.75) is 32.1 Å². The number of Topliss-reactive ketones (excluding diaryl/α,β-unsaturated/α-hetero) is 1. The summed E-state index contributed by atoms with van der Waals surface area (Å²) in [7, 11) is 0. The van der Waals surface area contributed by atoms with Crippen LogP contribution in [0.4, 0.5) is 0 Å². The Balaban J connectivity index is 1.97. The smallest absolute Gasteiger partial charge is 0.315 e. The van der Waals surface area contributed by atoms with Crippen LogP contribution >= 0.6 is 11.6 Å². The molecule has 4 rings (SSSR count). The van der Waals surface area contributed by atoms with Crippen LogP contribution in [0.3, 0.4) is 0 Å². The Bertz CT molecular complexity index is 1130. The minimum Gasteiger partial charge on any atom is -0.465 e. The van der Waals surface area contributed by atoms with Gasteiger partial charge >= 0.3 is 5.97 Å². The van der Waals surface area contributed by atoms with Crippen molar-refractivity contribution in [3.63, 3.8) is 0 Å². The Hall–Kier alpha value is -2.86. The molecule has 0 bridgehead atoms. The van der Waals surface area contributed by atoms with Crippen LogP contribution in [0.25, 0.3) is 11.0 Å². The maximum atomic E-state index is 13.3. The van der Waals surface area contributed by atoms with E-state index >= 15 is 0 Å². The Labute approximate surface area is 172 Å². The average Bonchev–Trinajstić information content (AvgIpc) is 2.68. The molecule has 6 nitrogen and oxygen atoms in total. The molecule has 0 amide bonds. The first kappa shape index (κ1) is 19.5. The van der Waals surface area contributed by atoms with Crippen LogP contribution in [0, 0.1) is 5.92 Å². The molecule has 150 valence electrons. The number of benzene rings is 1. The topological polar surface area (TPSA) is 85.6 Å². The molecule has 2 aromatic rings. The maximum absolute atomic E-state index is 13.3. The third-order valence-corrected chi connectivity index (χ3v) is 5.66. The molecule has 2 unspecified atom stereocenters. The molecule has 29 heavy (non-hydrogen) atoms. The summed E-state index contributed by atoms with van der Waals surface area (Å²) in [6.07, 6.45) is 3.05. The normalized spacial score (nSPS) is 21.7. The molecule has 0 saturated heterocycles. The van der Waals surface area contributed by atoms with Gasteiger partial charge in [-0.05, 0) is 38.0 Å². The standard InChI is InChI=1S/C22H20ClNO5/c1-3-28-22(27)18-11(2)24-15-5-4-6-16(25)20(15)19(18)14-10-29-17-8-7-12(23)9-13(17)21(14)26/h7-10,18-19,24H,2-6H2,1H3. The summed E-state index contributed by atoms with van der Waals surface area (Å²) < 4.78 is 10.9. The van der Waals surface area contributed by atoms with Crippen LogP contribution in [0.2, 0.25) is 5.02 Å². The van der Waals surface area contributed by atoms with Gasteiger partial charge in [0.1, 0.15) is 11.5 Å². The van der Waals surface area contributed by atoms with E-state index in [0.29, 0.717) is 52.2 Å². The quantitative estimate of drug-likeness (QED) is 0.769. The summed E-state index contributed by atoms with van der Waals surface area (Å²) >= 11 is 6.06. The first-order chi connectivity index (χ1) is 13.9. The number of carbonyl (C=O) groups is 2. The monoisotopic (exact) mass is 413 g/mol. The molecule has 2 atom stereocenters. The number of hydrogen-bond acceptors (Lipinski definition) is 6. The number of halogens is 1. The van der Waals surface area contributed by atoms with Crippen LogP contribution in [0.15, 0.2) is 57.2 Å². The van der Waals surface area contributed by atoms with Gasteiger partial charge < -0.3 is 14.5 Å². The molecule has 1 aliphatic heterocycles. The van der Waals surface area contributed by atoms with Gasteiger partial charge in [-0.25, -0.2) is 0 Å². The highest BCUT2D eigenvalue weighted by Crippen LogP contribution is 2.43. The average molecular weight is 414 g/mol. The van der Waals surface area contributed by atoms with Crippen LogP contribution in [0.5, 0.6) is 0 Å². The van der Waals surface area contributed by atoms with Crippen molar-refractivity contribution < 1.29 is 18.7 Å². The lowest BCUT2D eigenvalue weighted by Crippen LogP contribution is -2.42. The maximum Gasteiger partial charge on any atom is 0.315 e. The molecule has 7 heteroatoms. The lowest BCUT2D eigenvalue weighted by molar-refractivity contribution is -0.147. The van der Waals surface area contributed by atoms with Crippen LogP contribution in [-0.4, -0.2) is 18.4 Å². The van der Waals surface area contributed by atoms with Gasteiger partial charge in [-0.15, -0.1) is 0 Å².